The van der Waals surface area contributed by atoms with Crippen molar-refractivity contribution in [3.63, 3.8) is 0 Å². The first-order valence-corrected chi connectivity index (χ1v) is 8.17. The quantitative estimate of drug-likeness (QED) is 0.778. The summed E-state index contributed by atoms with van der Waals surface area (Å²) < 4.78 is 15.2. The van der Waals surface area contributed by atoms with Crippen LogP contribution in [-0.4, -0.2) is 37.9 Å². The third-order valence-electron chi connectivity index (χ3n) is 4.22. The molecule has 2 rings (SSSR count). The third-order valence-corrected chi connectivity index (χ3v) is 4.22. The van der Waals surface area contributed by atoms with Gasteiger partial charge in [-0.15, -0.1) is 0 Å². The van der Waals surface area contributed by atoms with Crippen LogP contribution in [0.25, 0.3) is 0 Å². The number of phenolic OH excluding ortho intramolecular Hbond substituents is 1. The summed E-state index contributed by atoms with van der Waals surface area (Å²) in [6, 6.07) is 4.91. The number of methoxy groups -OCH3 is 2. The van der Waals surface area contributed by atoms with E-state index in [4.69, 9.17) is 14.2 Å². The third kappa shape index (κ3) is 3.37. The number of aromatic hydroxyl groups is 1. The lowest BCUT2D eigenvalue weighted by Gasteiger charge is -2.30. The zero-order valence-electron chi connectivity index (χ0n) is 15.5. The Morgan fingerprint density at radius 2 is 1.73 bits per heavy atom. The molecule has 1 aromatic rings. The highest BCUT2D eigenvalue weighted by atomic mass is 16.5. The zero-order valence-corrected chi connectivity index (χ0v) is 15.5. The predicted molar refractivity (Wildman–Crippen MR) is 94.6 cm³/mol. The molecule has 2 N–H and O–H groups in total. The lowest BCUT2D eigenvalue weighted by molar-refractivity contribution is -0.139. The van der Waals surface area contributed by atoms with Crippen molar-refractivity contribution >= 4 is 11.9 Å². The number of phenols is 1. The number of hydrogen-bond acceptors (Lipinski definition) is 7. The van der Waals surface area contributed by atoms with Crippen molar-refractivity contribution in [2.24, 2.45) is 0 Å². The van der Waals surface area contributed by atoms with Crippen molar-refractivity contribution in [1.29, 1.82) is 0 Å². The zero-order chi connectivity index (χ0) is 19.4. The molecule has 7 heteroatoms. The van der Waals surface area contributed by atoms with Gasteiger partial charge in [0.25, 0.3) is 0 Å². The van der Waals surface area contributed by atoms with Crippen LogP contribution in [0.5, 0.6) is 11.5 Å². The molecule has 0 saturated heterocycles. The van der Waals surface area contributed by atoms with E-state index >= 15 is 0 Å². The number of dihydropyridines is 1. The van der Waals surface area contributed by atoms with Crippen molar-refractivity contribution < 1.29 is 28.9 Å². The van der Waals surface area contributed by atoms with E-state index in [9.17, 15) is 14.7 Å². The molecule has 0 aliphatic carbocycles. The molecule has 0 saturated carbocycles. The molecule has 1 aromatic carbocycles. The van der Waals surface area contributed by atoms with E-state index in [-0.39, 0.29) is 29.3 Å². The Bertz CT molecular complexity index is 793. The number of allylic oxidation sites excluding steroid dienone is 2. The van der Waals surface area contributed by atoms with Crippen LogP contribution in [0.4, 0.5) is 0 Å². The Morgan fingerprint density at radius 3 is 2.27 bits per heavy atom. The van der Waals surface area contributed by atoms with Crippen LogP contribution >= 0.6 is 0 Å². The Morgan fingerprint density at radius 1 is 1.12 bits per heavy atom. The second-order valence-corrected chi connectivity index (χ2v) is 5.75. The van der Waals surface area contributed by atoms with Crippen molar-refractivity contribution in [3.8, 4) is 11.5 Å². The molecule has 0 bridgehead atoms. The Hall–Kier alpha value is -2.96. The number of carbonyl (C=O) groups excluding carboxylic acids is 2. The number of nitrogens with one attached hydrogen (secondary N) is 1. The molecule has 1 aliphatic rings. The normalized spacial score (nSPS) is 16.9. The van der Waals surface area contributed by atoms with E-state index in [1.807, 2.05) is 0 Å². The highest BCUT2D eigenvalue weighted by Crippen LogP contribution is 2.45. The average Bonchev–Trinajstić information content (AvgIpc) is 2.61. The summed E-state index contributed by atoms with van der Waals surface area (Å²) in [5, 5.41) is 13.6. The van der Waals surface area contributed by atoms with Crippen molar-refractivity contribution in [3.05, 3.63) is 46.3 Å². The molecule has 26 heavy (non-hydrogen) atoms. The van der Waals surface area contributed by atoms with Crippen LogP contribution in [0, 0.1) is 0 Å². The van der Waals surface area contributed by atoms with Gasteiger partial charge in [0.15, 0.2) is 11.5 Å². The molecule has 0 spiro atoms. The van der Waals surface area contributed by atoms with Crippen LogP contribution in [-0.2, 0) is 19.1 Å². The molecule has 7 nitrogen and oxygen atoms in total. The van der Waals surface area contributed by atoms with E-state index in [0.717, 1.165) is 0 Å². The van der Waals surface area contributed by atoms with Crippen molar-refractivity contribution in [2.75, 3.05) is 20.8 Å². The van der Waals surface area contributed by atoms with Crippen LogP contribution < -0.4 is 10.1 Å². The van der Waals surface area contributed by atoms with Crippen LogP contribution in [0.3, 0.4) is 0 Å². The maximum atomic E-state index is 12.6. The summed E-state index contributed by atoms with van der Waals surface area (Å²) >= 11 is 0. The maximum absolute atomic E-state index is 12.6. The summed E-state index contributed by atoms with van der Waals surface area (Å²) in [6.07, 6.45) is 0. The predicted octanol–water partition coefficient (Wildman–Crippen LogP) is 2.37. The van der Waals surface area contributed by atoms with Gasteiger partial charge in [0.2, 0.25) is 0 Å². The molecule has 1 atom stereocenters. The van der Waals surface area contributed by atoms with Gasteiger partial charge < -0.3 is 24.6 Å². The van der Waals surface area contributed by atoms with E-state index in [2.05, 4.69) is 5.32 Å². The fraction of sp³-hybridized carbons (Fsp3) is 0.368. The smallest absolute Gasteiger partial charge is 0.336 e. The summed E-state index contributed by atoms with van der Waals surface area (Å²) in [6.45, 7) is 5.31. The van der Waals surface area contributed by atoms with Gasteiger partial charge in [0.1, 0.15) is 0 Å². The molecule has 0 amide bonds. The second-order valence-electron chi connectivity index (χ2n) is 5.75. The number of hydrogen-bond donors (Lipinski definition) is 2. The first kappa shape index (κ1) is 19.4. The van der Waals surface area contributed by atoms with Gasteiger partial charge in [-0.05, 0) is 26.8 Å². The summed E-state index contributed by atoms with van der Waals surface area (Å²) in [5.41, 5.74) is 1.90. The first-order valence-electron chi connectivity index (χ1n) is 8.17. The van der Waals surface area contributed by atoms with Gasteiger partial charge in [-0.3, -0.25) is 0 Å². The summed E-state index contributed by atoms with van der Waals surface area (Å²) in [4.78, 5) is 25.1. The first-order chi connectivity index (χ1) is 12.4. The Labute approximate surface area is 152 Å². The second kappa shape index (κ2) is 7.95. The SMILES string of the molecule is CCOC(=O)C1=C(C)NC(C)=C(C(=O)OC)C1c1cccc(OC)c1O. The number of para-hydroxylation sites is 1. The fourth-order valence-corrected chi connectivity index (χ4v) is 3.10. The highest BCUT2D eigenvalue weighted by molar-refractivity contribution is 6.00. The summed E-state index contributed by atoms with van der Waals surface area (Å²) in [7, 11) is 2.69. The minimum atomic E-state index is -0.849. The highest BCUT2D eigenvalue weighted by Gasteiger charge is 2.39. The number of benzene rings is 1. The molecule has 1 heterocycles. The van der Waals surface area contributed by atoms with E-state index < -0.39 is 17.9 Å². The number of ether oxygens (including phenoxy) is 3. The number of carbonyl (C=O) groups is 2. The average molecular weight is 361 g/mol. The number of rotatable bonds is 5. The van der Waals surface area contributed by atoms with Crippen molar-refractivity contribution in [1.82, 2.24) is 5.32 Å². The molecule has 1 aliphatic heterocycles. The van der Waals surface area contributed by atoms with Gasteiger partial charge in [-0.1, -0.05) is 12.1 Å². The standard InChI is InChI=1S/C19H23NO6/c1-6-26-19(23)15-11(3)20-10(2)14(18(22)25-5)16(15)12-8-7-9-13(24-4)17(12)21/h7-9,16,20-21H,6H2,1-5H3. The van der Waals surface area contributed by atoms with Crippen LogP contribution in [0.15, 0.2) is 40.7 Å². The van der Waals surface area contributed by atoms with Gasteiger partial charge in [0.05, 0.1) is 37.9 Å². The lowest BCUT2D eigenvalue weighted by atomic mass is 9.80. The maximum Gasteiger partial charge on any atom is 0.336 e. The van der Waals surface area contributed by atoms with E-state index in [0.29, 0.717) is 17.0 Å². The lowest BCUT2D eigenvalue weighted by Crippen LogP contribution is -2.32. The van der Waals surface area contributed by atoms with Gasteiger partial charge in [-0.25, -0.2) is 9.59 Å². The van der Waals surface area contributed by atoms with Gasteiger partial charge in [-0.2, -0.15) is 0 Å². The van der Waals surface area contributed by atoms with Gasteiger partial charge >= 0.3 is 11.9 Å². The van der Waals surface area contributed by atoms with Crippen LogP contribution in [0.2, 0.25) is 0 Å². The molecular weight excluding hydrogens is 338 g/mol. The fourth-order valence-electron chi connectivity index (χ4n) is 3.10. The molecule has 0 aromatic heterocycles. The molecule has 0 fully saturated rings. The van der Waals surface area contributed by atoms with E-state index in [1.165, 1.54) is 14.2 Å². The molecular formula is C19H23NO6. The molecule has 0 radical (unpaired) electrons. The Balaban J connectivity index is 2.75. The minimum Gasteiger partial charge on any atom is -0.504 e. The van der Waals surface area contributed by atoms with Crippen molar-refractivity contribution in [2.45, 2.75) is 26.7 Å². The minimum absolute atomic E-state index is 0.147. The molecule has 1 unspecified atom stereocenters. The van der Waals surface area contributed by atoms with E-state index in [1.54, 1.807) is 39.0 Å². The topological polar surface area (TPSA) is 94.1 Å². The van der Waals surface area contributed by atoms with Gasteiger partial charge in [0, 0.05) is 17.0 Å². The molecule has 140 valence electrons. The number of esters is 2. The Kier molecular flexibility index (Phi) is 5.92. The monoisotopic (exact) mass is 361 g/mol. The van der Waals surface area contributed by atoms with Crippen LogP contribution in [0.1, 0.15) is 32.3 Å². The summed E-state index contributed by atoms with van der Waals surface area (Å²) in [5.74, 6) is -1.93. The largest absolute Gasteiger partial charge is 0.504 e.